The minimum Gasteiger partial charge on any atom is -0.508 e. The summed E-state index contributed by atoms with van der Waals surface area (Å²) in [7, 11) is 0. The number of aromatic nitrogens is 1. The number of rotatable bonds is 13. The maximum absolute atomic E-state index is 16.6. The third-order valence-corrected chi connectivity index (χ3v) is 24.0. The number of hydrogen-bond donors (Lipinski definition) is 18. The van der Waals surface area contributed by atoms with Gasteiger partial charge in [-0.05, 0) is 112 Å². The van der Waals surface area contributed by atoms with Crippen LogP contribution >= 0.6 is 35.0 Å². The Morgan fingerprint density at radius 1 is 0.534 bits per heavy atom. The van der Waals surface area contributed by atoms with Gasteiger partial charge in [-0.25, -0.2) is 4.79 Å². The lowest BCUT2D eigenvalue weighted by Crippen LogP contribution is -2.65. The summed E-state index contributed by atoms with van der Waals surface area (Å²) in [6.07, 6.45) is -13.6. The number of aliphatic carboxylic acids is 1. The molecule has 131 heavy (non-hydrogen) atoms. The van der Waals surface area contributed by atoms with E-state index >= 15 is 28.8 Å². The molecule has 2 saturated heterocycles. The number of carboxylic acids is 1. The molecule has 8 aliphatic rings. The fraction of sp³-hybridized carbons (Fsp3) is 0.295. The van der Waals surface area contributed by atoms with Gasteiger partial charge in [0.25, 0.3) is 0 Å². The molecule has 2 fully saturated rings. The molecule has 0 saturated carbocycles. The Labute approximate surface area is 754 Å². The van der Waals surface area contributed by atoms with Gasteiger partial charge >= 0.3 is 23.9 Å². The number of esters is 3. The fourth-order valence-corrected chi connectivity index (χ4v) is 18.2. The zero-order valence-electron chi connectivity index (χ0n) is 69.0. The van der Waals surface area contributed by atoms with Crippen molar-refractivity contribution in [1.82, 2.24) is 47.1 Å². The number of aliphatic hydroxyl groups is 3. The van der Waals surface area contributed by atoms with Gasteiger partial charge in [0.1, 0.15) is 131 Å². The molecule has 0 aliphatic carbocycles. The SMILES string of the molecule is CC(=O)N[C@@H]1[C@@H](OC(C)=O)[C@H](OC(C)=O)[C@@H](COC(C)=O)O[C@H]1Sc1c2ccccc2cn1[C@H]1C(=O)N[C@@H]2Cc3ccc(c(Cl)c3)Oc3cc4cc(c3O)Oc3ccc(cc3Cl)[C@@H](O[C@@H]3O[C@H](CO)[C@@H](O)[C@H](O)[C@H]3NC(C)=O)[C@@H]3NC(=O)[C@H](NC(=O)[C@@H]4NC(=O)[C@@H](NC2=O)c2cc(O)cc(c2)Oc2cc1ccc2O)c1ccc(O)c(c1)-c1c(O)cc(O)cc1[C@@H](C(=O)O)NC3=O. The fourth-order valence-electron chi connectivity index (χ4n) is 16.3. The molecule has 17 rings (SSSR count). The number of halogens is 2. The number of carboxylic acid groups (broad SMARTS) is 1. The van der Waals surface area contributed by atoms with Gasteiger partial charge in [-0.1, -0.05) is 83.5 Å². The molecule has 17 bridgehead atoms. The topological polar surface area (TPSA) is 591 Å². The number of carbonyl (C=O) groups excluding carboxylic acids is 11. The standard InChI is InChI=1S/C88H81Cl2N9O31S/c1-33(101)91-69-75(113)74(112)62(31-100)128-87(69)130-76-41-13-17-58(52(90)23-41)127-61-26-44-25-60(73(61)111)126-57-16-10-38(18-51(57)89)19-53-79(114)94-66(81(116)96-67(44)82(117)95-65-39-11-14-54(108)49(22-39)64-50(28-46(107)29-56(64)110)68(86(120)121)97-83(118)70(76)98-80(65)115)43-20-45(106)27-47(21-43)125-59-24-40(12-15-55(59)109)72(84(119)93-53)99-30-42-8-6-7-9-48(42)85(99)131-88-71(92-34(2)102)78(124-37(5)105)77(123-36(4)104)63(129-88)32-122-35(3)103/h6-18,20-30,53,62-63,65-72,74-78,87-88,100,106-113H,19,31-32H2,1-5H3,(H,91,101)(H,92,102)(H,93,119)(H,94,114)(H,95,117)(H,96,116)(H,97,118)(H,98,115)(H,120,121)/t53-,62-,63-,65-,66+,67-,68+,69-,70+,71-,72-,74-,75-,76-,77-,78-,87+,88+/m1/s1. The third-order valence-electron chi connectivity index (χ3n) is 22.2. The molecule has 0 spiro atoms. The van der Waals surface area contributed by atoms with Crippen LogP contribution in [0.25, 0.3) is 21.9 Å². The number of carbonyl (C=O) groups is 12. The first kappa shape index (κ1) is 91.6. The van der Waals surface area contributed by atoms with E-state index in [0.29, 0.717) is 10.8 Å². The summed E-state index contributed by atoms with van der Waals surface area (Å²) in [5, 5.41) is 137. The number of hydrogen-bond acceptors (Lipinski definition) is 31. The number of phenolic OH excluding ortho intramolecular Hbond substituents is 6. The highest BCUT2D eigenvalue weighted by molar-refractivity contribution is 8.00. The van der Waals surface area contributed by atoms with Crippen molar-refractivity contribution < 1.29 is 151 Å². The molecule has 9 aromatic rings. The molecule has 684 valence electrons. The zero-order valence-corrected chi connectivity index (χ0v) is 71.4. The molecule has 40 nitrogen and oxygen atoms in total. The summed E-state index contributed by atoms with van der Waals surface area (Å²) in [5.41, 5.74) is -4.65. The van der Waals surface area contributed by atoms with Gasteiger partial charge in [-0.2, -0.15) is 0 Å². The van der Waals surface area contributed by atoms with Crippen LogP contribution in [0, 0.1) is 0 Å². The van der Waals surface area contributed by atoms with E-state index in [4.69, 9.17) is 65.8 Å². The third kappa shape index (κ3) is 19.2. The lowest BCUT2D eigenvalue weighted by Gasteiger charge is -2.45. The van der Waals surface area contributed by atoms with Crippen molar-refractivity contribution in [3.63, 3.8) is 0 Å². The monoisotopic (exact) mass is 1860 g/mol. The van der Waals surface area contributed by atoms with Crippen LogP contribution in [0.5, 0.6) is 69.0 Å². The number of ether oxygens (including phenoxy) is 9. The smallest absolute Gasteiger partial charge is 0.330 e. The maximum Gasteiger partial charge on any atom is 0.330 e. The molecule has 9 heterocycles. The van der Waals surface area contributed by atoms with Crippen LogP contribution in [0.15, 0.2) is 151 Å². The van der Waals surface area contributed by atoms with E-state index in [1.807, 2.05) is 0 Å². The number of benzene rings is 8. The predicted molar refractivity (Wildman–Crippen MR) is 452 cm³/mol. The van der Waals surface area contributed by atoms with E-state index in [1.54, 1.807) is 24.3 Å². The van der Waals surface area contributed by atoms with E-state index in [0.717, 1.165) is 131 Å². The van der Waals surface area contributed by atoms with Gasteiger partial charge in [0, 0.05) is 86.8 Å². The summed E-state index contributed by atoms with van der Waals surface area (Å²) in [5.74, 6) is -21.8. The largest absolute Gasteiger partial charge is 0.508 e. The van der Waals surface area contributed by atoms with Crippen LogP contribution in [0.1, 0.15) is 110 Å². The second-order valence-electron chi connectivity index (χ2n) is 31.3. The lowest BCUT2D eigenvalue weighted by atomic mass is 9.89. The Hall–Kier alpha value is -14.2. The Balaban J connectivity index is 0.902. The highest BCUT2D eigenvalue weighted by Crippen LogP contribution is 2.51. The van der Waals surface area contributed by atoms with Crippen molar-refractivity contribution in [3.8, 4) is 80.1 Å². The molecule has 8 aliphatic heterocycles. The Bertz CT molecular complexity index is 6180. The zero-order chi connectivity index (χ0) is 93.7. The van der Waals surface area contributed by atoms with Crippen LogP contribution < -0.4 is 56.7 Å². The van der Waals surface area contributed by atoms with Crippen LogP contribution in [-0.4, -0.2) is 212 Å². The second kappa shape index (κ2) is 37.5. The number of phenols is 6. The average molecular weight is 1860 g/mol. The Morgan fingerprint density at radius 3 is 1.79 bits per heavy atom. The Morgan fingerprint density at radius 2 is 1.14 bits per heavy atom. The van der Waals surface area contributed by atoms with E-state index < -0.39 is 296 Å². The normalized spacial score (nSPS) is 25.3. The van der Waals surface area contributed by atoms with Crippen LogP contribution in [0.2, 0.25) is 10.0 Å². The van der Waals surface area contributed by atoms with Crippen molar-refractivity contribution in [1.29, 1.82) is 0 Å². The molecule has 18 atom stereocenters. The first-order valence-corrected chi connectivity index (χ1v) is 41.8. The molecule has 0 radical (unpaired) electrons. The predicted octanol–water partition coefficient (Wildman–Crippen LogP) is 5.25. The van der Waals surface area contributed by atoms with E-state index in [1.165, 1.54) is 41.1 Å². The quantitative estimate of drug-likeness (QED) is 0.0518. The summed E-state index contributed by atoms with van der Waals surface area (Å²) in [6, 6.07) is 8.72. The van der Waals surface area contributed by atoms with E-state index in [2.05, 4.69) is 42.5 Å². The van der Waals surface area contributed by atoms with Gasteiger partial charge < -0.3 is 141 Å². The van der Waals surface area contributed by atoms with Crippen molar-refractivity contribution >= 4 is 117 Å². The summed E-state index contributed by atoms with van der Waals surface area (Å²) in [4.78, 5) is 176. The molecule has 43 heteroatoms. The molecular weight excluding hydrogens is 1780 g/mol. The van der Waals surface area contributed by atoms with Crippen molar-refractivity contribution in [2.24, 2.45) is 0 Å². The maximum atomic E-state index is 16.6. The number of fused-ring (bicyclic) bond motifs is 15. The summed E-state index contributed by atoms with van der Waals surface area (Å²) >= 11 is 15.2. The average Bonchev–Trinajstić information content (AvgIpc) is 1.38. The van der Waals surface area contributed by atoms with E-state index in [-0.39, 0.29) is 38.1 Å². The summed E-state index contributed by atoms with van der Waals surface area (Å²) in [6.45, 7) is 3.74. The number of aliphatic hydroxyl groups excluding tert-OH is 3. The van der Waals surface area contributed by atoms with Gasteiger partial charge in [-0.3, -0.25) is 52.7 Å². The molecule has 8 amide bonds. The lowest BCUT2D eigenvalue weighted by molar-refractivity contribution is -0.284. The Kier molecular flexibility index (Phi) is 26.2. The van der Waals surface area contributed by atoms with Gasteiger partial charge in [0.15, 0.2) is 47.5 Å². The summed E-state index contributed by atoms with van der Waals surface area (Å²) < 4.78 is 56.9. The molecular formula is C88H81Cl2N9O31S. The second-order valence-corrected chi connectivity index (χ2v) is 33.2. The number of nitrogens with one attached hydrogen (secondary N) is 8. The number of amides is 8. The highest BCUT2D eigenvalue weighted by Gasteiger charge is 2.54. The van der Waals surface area contributed by atoms with Gasteiger partial charge in [0.2, 0.25) is 53.0 Å². The van der Waals surface area contributed by atoms with Crippen molar-refractivity contribution in [3.05, 3.63) is 195 Å². The van der Waals surface area contributed by atoms with Gasteiger partial charge in [0.05, 0.1) is 21.7 Å². The van der Waals surface area contributed by atoms with Crippen LogP contribution in [0.3, 0.4) is 0 Å². The first-order valence-electron chi connectivity index (χ1n) is 40.2. The highest BCUT2D eigenvalue weighted by atomic mass is 35.5. The van der Waals surface area contributed by atoms with Crippen molar-refractivity contribution in [2.45, 2.75) is 155 Å². The number of aromatic hydroxyl groups is 6. The van der Waals surface area contributed by atoms with Crippen LogP contribution in [-0.2, 0) is 92.4 Å². The number of thioether (sulfide) groups is 1. The van der Waals surface area contributed by atoms with Crippen molar-refractivity contribution in [2.75, 3.05) is 13.2 Å². The number of nitrogens with zero attached hydrogens (tertiary/aromatic N) is 1. The molecule has 1 aromatic heterocycles. The van der Waals surface area contributed by atoms with Gasteiger partial charge in [-0.15, -0.1) is 0 Å². The molecule has 8 aromatic carbocycles. The first-order chi connectivity index (χ1) is 62.3. The van der Waals surface area contributed by atoms with E-state index in [9.17, 15) is 79.8 Å². The minimum absolute atomic E-state index is 0.00535. The molecule has 18 N–H and O–H groups in total. The minimum atomic E-state index is -2.45. The molecule has 0 unspecified atom stereocenters. The van der Waals surface area contributed by atoms with Crippen LogP contribution in [0.4, 0.5) is 0 Å².